The van der Waals surface area contributed by atoms with Gasteiger partial charge >= 0.3 is 0 Å². The van der Waals surface area contributed by atoms with E-state index in [0.29, 0.717) is 0 Å². The van der Waals surface area contributed by atoms with Gasteiger partial charge in [0.1, 0.15) is 0 Å². The fraction of sp³-hybridized carbons (Fsp3) is 1.00. The maximum atomic E-state index is 2.34. The summed E-state index contributed by atoms with van der Waals surface area (Å²) in [4.78, 5) is 0. The van der Waals surface area contributed by atoms with Gasteiger partial charge in [0, 0.05) is 0 Å². The number of hydrogen-bond donors (Lipinski definition) is 0. The Morgan fingerprint density at radius 2 is 1.29 bits per heavy atom. The minimum absolute atomic E-state index is 0.963. The summed E-state index contributed by atoms with van der Waals surface area (Å²) in [6, 6.07) is 0. The second-order valence-corrected chi connectivity index (χ2v) is 4.97. The zero-order chi connectivity index (χ0) is 11.0. The predicted octanol–water partition coefficient (Wildman–Crippen LogP) is 5.28. The summed E-state index contributed by atoms with van der Waals surface area (Å²) < 4.78 is 0. The molecule has 0 nitrogen and oxygen atoms in total. The monoisotopic (exact) mass is 198 g/mol. The van der Waals surface area contributed by atoms with Gasteiger partial charge in [-0.15, -0.1) is 0 Å². The maximum absolute atomic E-state index is 2.34. The van der Waals surface area contributed by atoms with E-state index in [9.17, 15) is 0 Å². The smallest absolute Gasteiger partial charge is 0.0391 e. The Kier molecular flexibility index (Phi) is 8.32. The Morgan fingerprint density at radius 3 is 1.36 bits per heavy atom. The molecule has 0 radical (unpaired) electrons. The van der Waals surface area contributed by atoms with Crippen molar-refractivity contribution in [3.63, 3.8) is 0 Å². The molecule has 0 N–H and O–H groups in total. The van der Waals surface area contributed by atoms with Crippen molar-refractivity contribution in [1.29, 1.82) is 0 Å². The van der Waals surface area contributed by atoms with Crippen LogP contribution in [0.3, 0.4) is 0 Å². The minimum Gasteiger partial charge on any atom is -0.0683 e. The van der Waals surface area contributed by atoms with E-state index in [-0.39, 0.29) is 0 Å². The normalized spacial score (nSPS) is 21.0. The summed E-state index contributed by atoms with van der Waals surface area (Å²) in [5.41, 5.74) is 0. The van der Waals surface area contributed by atoms with E-state index in [4.69, 9.17) is 0 Å². The summed E-state index contributed by atoms with van der Waals surface area (Å²) in [6.45, 7) is 10.9. The third-order valence-corrected chi connectivity index (χ3v) is 3.21. The molecular weight excluding hydrogens is 168 g/mol. The highest BCUT2D eigenvalue weighted by molar-refractivity contribution is 4.75. The lowest BCUT2D eigenvalue weighted by Gasteiger charge is -1.94. The van der Waals surface area contributed by atoms with Crippen molar-refractivity contribution >= 4 is 0 Å². The van der Waals surface area contributed by atoms with Crippen molar-refractivity contribution < 1.29 is 0 Å². The first-order chi connectivity index (χ1) is 6.70. The fourth-order valence-electron chi connectivity index (χ4n) is 1.89. The highest BCUT2D eigenvalue weighted by Crippen LogP contribution is 2.35. The first-order valence-electron chi connectivity index (χ1n) is 6.70. The van der Waals surface area contributed by atoms with Crippen LogP contribution in [0.1, 0.15) is 73.1 Å². The van der Waals surface area contributed by atoms with Gasteiger partial charge in [0.2, 0.25) is 0 Å². The second-order valence-electron chi connectivity index (χ2n) is 4.97. The molecule has 0 aliphatic heterocycles. The molecule has 0 atom stereocenters. The fourth-order valence-corrected chi connectivity index (χ4v) is 1.89. The first-order valence-corrected chi connectivity index (χ1v) is 6.70. The van der Waals surface area contributed by atoms with Gasteiger partial charge in [0.15, 0.2) is 0 Å². The maximum Gasteiger partial charge on any atom is -0.0391 e. The zero-order valence-electron chi connectivity index (χ0n) is 11.0. The van der Waals surface area contributed by atoms with Crippen LogP contribution in [0.2, 0.25) is 0 Å². The average molecular weight is 198 g/mol. The van der Waals surface area contributed by atoms with Crippen LogP contribution in [0.25, 0.3) is 0 Å². The van der Waals surface area contributed by atoms with E-state index in [1.54, 1.807) is 0 Å². The highest BCUT2D eigenvalue weighted by atomic mass is 14.3. The molecule has 0 heteroatoms. The molecule has 0 bridgehead atoms. The van der Waals surface area contributed by atoms with Crippen LogP contribution in [0, 0.1) is 17.8 Å². The van der Waals surface area contributed by atoms with Gasteiger partial charge in [0.25, 0.3) is 0 Å². The molecule has 2 rings (SSSR count). The molecule has 0 aromatic heterocycles. The van der Waals surface area contributed by atoms with Gasteiger partial charge in [-0.3, -0.25) is 0 Å². The molecule has 0 aromatic rings. The van der Waals surface area contributed by atoms with Gasteiger partial charge in [-0.2, -0.15) is 0 Å². The molecule has 0 spiro atoms. The number of hydrogen-bond acceptors (Lipinski definition) is 0. The van der Waals surface area contributed by atoms with Crippen molar-refractivity contribution in [2.75, 3.05) is 0 Å². The van der Waals surface area contributed by atoms with Crippen LogP contribution in [0.4, 0.5) is 0 Å². The lowest BCUT2D eigenvalue weighted by molar-refractivity contribution is 0.563. The van der Waals surface area contributed by atoms with Crippen LogP contribution in [0.5, 0.6) is 0 Å². The molecule has 0 amide bonds. The molecule has 2 aliphatic carbocycles. The second kappa shape index (κ2) is 8.32. The molecule has 2 saturated carbocycles. The van der Waals surface area contributed by atoms with Gasteiger partial charge < -0.3 is 0 Å². The molecule has 0 saturated heterocycles. The predicted molar refractivity (Wildman–Crippen MR) is 66.5 cm³/mol. The van der Waals surface area contributed by atoms with E-state index in [1.165, 1.54) is 38.5 Å². The van der Waals surface area contributed by atoms with E-state index >= 15 is 0 Å². The van der Waals surface area contributed by atoms with E-state index in [1.807, 2.05) is 13.8 Å². The molecule has 86 valence electrons. The summed E-state index contributed by atoms with van der Waals surface area (Å²) in [5.74, 6) is 3.11. The van der Waals surface area contributed by atoms with Crippen molar-refractivity contribution in [2.45, 2.75) is 73.1 Å². The lowest BCUT2D eigenvalue weighted by Crippen LogP contribution is -1.85. The molecule has 2 aliphatic rings. The average Bonchev–Trinajstić information content (AvgIpc) is 2.94. The van der Waals surface area contributed by atoms with Gasteiger partial charge in [-0.05, 0) is 30.6 Å². The molecule has 14 heavy (non-hydrogen) atoms. The van der Waals surface area contributed by atoms with Crippen LogP contribution < -0.4 is 0 Å². The van der Waals surface area contributed by atoms with Crippen molar-refractivity contribution in [3.8, 4) is 0 Å². The van der Waals surface area contributed by atoms with Crippen molar-refractivity contribution in [2.24, 2.45) is 17.8 Å². The molecule has 0 unspecified atom stereocenters. The Balaban J connectivity index is 0.000000206. The topological polar surface area (TPSA) is 0 Å². The number of rotatable bonds is 1. The molecular formula is C14H30. The lowest BCUT2D eigenvalue weighted by atomic mass is 10.1. The Bertz CT molecular complexity index is 105. The van der Waals surface area contributed by atoms with Crippen molar-refractivity contribution in [1.82, 2.24) is 0 Å². The largest absolute Gasteiger partial charge is 0.0683 e. The van der Waals surface area contributed by atoms with Gasteiger partial charge in [-0.25, -0.2) is 0 Å². The van der Waals surface area contributed by atoms with Crippen LogP contribution >= 0.6 is 0 Å². The van der Waals surface area contributed by atoms with Crippen LogP contribution in [0.15, 0.2) is 0 Å². The van der Waals surface area contributed by atoms with Gasteiger partial charge in [-0.1, -0.05) is 60.3 Å². The van der Waals surface area contributed by atoms with Gasteiger partial charge in [0.05, 0.1) is 0 Å². The minimum atomic E-state index is 0.963. The standard InChI is InChI=1S/2C6H12.C2H6/c1-5(2)6-3-4-6;1-6-4-2-3-5-6;1-2/h5-6H,3-4H2,1-2H3;6H,2-5H2,1H3;1-2H3. The van der Waals surface area contributed by atoms with E-state index in [0.717, 1.165) is 17.8 Å². The van der Waals surface area contributed by atoms with E-state index in [2.05, 4.69) is 20.8 Å². The Labute approximate surface area is 91.5 Å². The quantitative estimate of drug-likeness (QED) is 0.538. The highest BCUT2D eigenvalue weighted by Gasteiger charge is 2.23. The molecule has 0 heterocycles. The first kappa shape index (κ1) is 14.0. The van der Waals surface area contributed by atoms with Crippen LogP contribution in [-0.2, 0) is 0 Å². The summed E-state index contributed by atoms with van der Waals surface area (Å²) >= 11 is 0. The summed E-state index contributed by atoms with van der Waals surface area (Å²) in [5, 5.41) is 0. The third kappa shape index (κ3) is 7.41. The van der Waals surface area contributed by atoms with Crippen molar-refractivity contribution in [3.05, 3.63) is 0 Å². The summed E-state index contributed by atoms with van der Waals surface area (Å²) in [7, 11) is 0. The Morgan fingerprint density at radius 1 is 0.857 bits per heavy atom. The summed E-state index contributed by atoms with van der Waals surface area (Å²) in [6.07, 6.45) is 8.94. The SMILES string of the molecule is CC.CC(C)C1CC1.CC1CCCC1. The zero-order valence-corrected chi connectivity index (χ0v) is 11.0. The third-order valence-electron chi connectivity index (χ3n) is 3.21. The van der Waals surface area contributed by atoms with Crippen LogP contribution in [-0.4, -0.2) is 0 Å². The van der Waals surface area contributed by atoms with E-state index < -0.39 is 0 Å². The Hall–Kier alpha value is 0. The molecule has 2 fully saturated rings. The molecule has 0 aromatic carbocycles.